The van der Waals surface area contributed by atoms with E-state index in [0.717, 1.165) is 62.2 Å². The number of hydrogen-bond acceptors (Lipinski definition) is 5. The fourth-order valence-corrected chi connectivity index (χ4v) is 5.68. The Balaban J connectivity index is 1.37. The van der Waals surface area contributed by atoms with Crippen molar-refractivity contribution in [2.45, 2.75) is 38.5 Å². The third kappa shape index (κ3) is 4.62. The Hall–Kier alpha value is -3.41. The molecule has 2 aromatic carbocycles. The van der Waals surface area contributed by atoms with Crippen LogP contribution >= 0.6 is 0 Å². The minimum Gasteiger partial charge on any atom is -0.497 e. The standard InChI is InChI=1S/C29H34N2O4/c1-33-22-9-10-27-26(18-22)30-13-6-12-29(11-4-7-21-8-5-14-31(21)27)19-25(29)28(32)20-15-23(34-2)17-24(16-20)35-3/h5,8-10,14-18,25,30H,4,6-7,11-13,19H2,1-3H3. The summed E-state index contributed by atoms with van der Waals surface area (Å²) >= 11 is 0. The van der Waals surface area contributed by atoms with Crippen molar-refractivity contribution in [1.82, 2.24) is 4.57 Å². The Morgan fingerprint density at radius 1 is 0.943 bits per heavy atom. The molecular weight excluding hydrogens is 440 g/mol. The molecule has 1 fully saturated rings. The molecule has 2 heterocycles. The van der Waals surface area contributed by atoms with Gasteiger partial charge in [0.2, 0.25) is 0 Å². The van der Waals surface area contributed by atoms with Crippen LogP contribution in [0, 0.1) is 11.3 Å². The van der Waals surface area contributed by atoms with E-state index >= 15 is 0 Å². The first-order chi connectivity index (χ1) is 17.1. The van der Waals surface area contributed by atoms with Gasteiger partial charge in [-0.05, 0) is 80.3 Å². The first-order valence-electron chi connectivity index (χ1n) is 12.4. The predicted molar refractivity (Wildman–Crippen MR) is 137 cm³/mol. The lowest BCUT2D eigenvalue weighted by molar-refractivity contribution is 0.0942. The number of nitrogens with zero attached hydrogens (tertiary/aromatic N) is 1. The fourth-order valence-electron chi connectivity index (χ4n) is 5.68. The molecule has 1 aliphatic heterocycles. The Kier molecular flexibility index (Phi) is 6.46. The fraction of sp³-hybridized carbons (Fsp3) is 0.414. The summed E-state index contributed by atoms with van der Waals surface area (Å²) in [6.07, 6.45) is 8.24. The molecule has 1 N–H and O–H groups in total. The van der Waals surface area contributed by atoms with Gasteiger partial charge in [-0.3, -0.25) is 4.79 Å². The number of carbonyl (C=O) groups excluding carboxylic acids is 1. The summed E-state index contributed by atoms with van der Waals surface area (Å²) in [7, 11) is 4.93. The number of anilines is 1. The summed E-state index contributed by atoms with van der Waals surface area (Å²) in [6, 6.07) is 16.0. The van der Waals surface area contributed by atoms with Crippen LogP contribution in [0.4, 0.5) is 5.69 Å². The highest BCUT2D eigenvalue weighted by Crippen LogP contribution is 2.60. The summed E-state index contributed by atoms with van der Waals surface area (Å²) in [6.45, 7) is 0.854. The summed E-state index contributed by atoms with van der Waals surface area (Å²) in [4.78, 5) is 13.5. The number of methoxy groups -OCH3 is 3. The highest BCUT2D eigenvalue weighted by Gasteiger charge is 2.56. The van der Waals surface area contributed by atoms with Crippen LogP contribution in [0.15, 0.2) is 54.7 Å². The van der Waals surface area contributed by atoms with E-state index in [2.05, 4.69) is 40.3 Å². The number of hydrogen-bond donors (Lipinski definition) is 1. The molecule has 0 bridgehead atoms. The molecule has 0 amide bonds. The second-order valence-electron chi connectivity index (χ2n) is 9.72. The second-order valence-corrected chi connectivity index (χ2v) is 9.72. The van der Waals surface area contributed by atoms with Crippen molar-refractivity contribution in [3.63, 3.8) is 0 Å². The number of rotatable bonds is 5. The first-order valence-corrected chi connectivity index (χ1v) is 12.4. The lowest BCUT2D eigenvalue weighted by atomic mass is 9.88. The van der Waals surface area contributed by atoms with Crippen LogP contribution in [0.3, 0.4) is 0 Å². The summed E-state index contributed by atoms with van der Waals surface area (Å²) < 4.78 is 18.5. The molecule has 1 aromatic heterocycles. The Morgan fingerprint density at radius 2 is 1.69 bits per heavy atom. The van der Waals surface area contributed by atoms with Gasteiger partial charge < -0.3 is 24.1 Å². The van der Waals surface area contributed by atoms with E-state index in [-0.39, 0.29) is 17.1 Å². The molecule has 3 aromatic rings. The molecule has 2 unspecified atom stereocenters. The molecule has 6 nitrogen and oxygen atoms in total. The highest BCUT2D eigenvalue weighted by molar-refractivity contribution is 6.01. The van der Waals surface area contributed by atoms with Crippen LogP contribution < -0.4 is 19.5 Å². The van der Waals surface area contributed by atoms with E-state index in [1.165, 1.54) is 5.69 Å². The Bertz CT molecular complexity index is 1190. The number of Topliss-reactive ketones (excluding diaryl/α,β-unsaturated/α-hetero) is 1. The average molecular weight is 475 g/mol. The van der Waals surface area contributed by atoms with Gasteiger partial charge in [0.1, 0.15) is 17.2 Å². The molecule has 0 saturated heterocycles. The van der Waals surface area contributed by atoms with Crippen molar-refractivity contribution >= 4 is 11.5 Å². The van der Waals surface area contributed by atoms with Crippen LogP contribution in [-0.4, -0.2) is 38.2 Å². The van der Waals surface area contributed by atoms with Crippen LogP contribution in [0.1, 0.15) is 48.2 Å². The number of ketones is 1. The van der Waals surface area contributed by atoms with Crippen LogP contribution in [0.5, 0.6) is 17.2 Å². The van der Waals surface area contributed by atoms with Gasteiger partial charge in [-0.1, -0.05) is 0 Å². The molecule has 0 radical (unpaired) electrons. The molecule has 5 rings (SSSR count). The predicted octanol–water partition coefficient (Wildman–Crippen LogP) is 5.92. The van der Waals surface area contributed by atoms with Crippen molar-refractivity contribution in [2.75, 3.05) is 33.2 Å². The molecule has 2 atom stereocenters. The number of nitrogens with one attached hydrogen (secondary N) is 1. The molecule has 1 aliphatic carbocycles. The Labute approximate surface area is 207 Å². The van der Waals surface area contributed by atoms with Crippen molar-refractivity contribution in [2.24, 2.45) is 11.3 Å². The zero-order valence-electron chi connectivity index (χ0n) is 20.8. The lowest BCUT2D eigenvalue weighted by Crippen LogP contribution is -2.16. The van der Waals surface area contributed by atoms with Gasteiger partial charge in [0.15, 0.2) is 5.78 Å². The van der Waals surface area contributed by atoms with Crippen molar-refractivity contribution in [3.05, 3.63) is 66.0 Å². The number of benzene rings is 2. The van der Waals surface area contributed by atoms with E-state index in [9.17, 15) is 4.79 Å². The van der Waals surface area contributed by atoms with Crippen LogP contribution in [0.25, 0.3) is 5.69 Å². The average Bonchev–Trinajstić information content (AvgIpc) is 3.41. The molecule has 6 heteroatoms. The van der Waals surface area contributed by atoms with Crippen molar-refractivity contribution in [3.8, 4) is 22.9 Å². The normalized spacial score (nSPS) is 21.5. The van der Waals surface area contributed by atoms with Crippen molar-refractivity contribution < 1.29 is 19.0 Å². The summed E-state index contributed by atoms with van der Waals surface area (Å²) in [5.74, 6) is 2.41. The monoisotopic (exact) mass is 474 g/mol. The number of ether oxygens (including phenoxy) is 3. The summed E-state index contributed by atoms with van der Waals surface area (Å²) in [5.41, 5.74) is 4.26. The number of fused-ring (bicyclic) bond motifs is 3. The zero-order chi connectivity index (χ0) is 24.4. The number of aromatic nitrogens is 1. The topological polar surface area (TPSA) is 61.7 Å². The van der Waals surface area contributed by atoms with Gasteiger partial charge in [0.25, 0.3) is 0 Å². The van der Waals surface area contributed by atoms with Gasteiger partial charge in [-0.15, -0.1) is 0 Å². The first kappa shape index (κ1) is 23.3. The number of aryl methyl sites for hydroxylation is 1. The molecule has 2 aliphatic rings. The minimum absolute atomic E-state index is 0.0569. The van der Waals surface area contributed by atoms with Gasteiger partial charge in [-0.25, -0.2) is 0 Å². The molecule has 184 valence electrons. The van der Waals surface area contributed by atoms with Gasteiger partial charge in [0, 0.05) is 42.0 Å². The lowest BCUT2D eigenvalue weighted by Gasteiger charge is -2.21. The molecule has 1 saturated carbocycles. The maximum absolute atomic E-state index is 13.5. The van der Waals surface area contributed by atoms with E-state index in [0.29, 0.717) is 17.1 Å². The van der Waals surface area contributed by atoms with Crippen molar-refractivity contribution in [1.29, 1.82) is 0 Å². The molecular formula is C29H34N2O4. The van der Waals surface area contributed by atoms with E-state index < -0.39 is 0 Å². The zero-order valence-corrected chi connectivity index (χ0v) is 20.8. The minimum atomic E-state index is 0.0569. The van der Waals surface area contributed by atoms with Crippen LogP contribution in [0.2, 0.25) is 0 Å². The third-order valence-electron chi connectivity index (χ3n) is 7.71. The third-order valence-corrected chi connectivity index (χ3v) is 7.71. The van der Waals surface area contributed by atoms with Gasteiger partial charge in [0.05, 0.1) is 32.7 Å². The maximum Gasteiger partial charge on any atom is 0.166 e. The van der Waals surface area contributed by atoms with E-state index in [1.807, 2.05) is 24.3 Å². The number of carbonyl (C=O) groups is 1. The molecule has 35 heavy (non-hydrogen) atoms. The van der Waals surface area contributed by atoms with Gasteiger partial charge >= 0.3 is 0 Å². The second kappa shape index (κ2) is 9.68. The highest BCUT2D eigenvalue weighted by atomic mass is 16.5. The maximum atomic E-state index is 13.5. The largest absolute Gasteiger partial charge is 0.497 e. The van der Waals surface area contributed by atoms with Crippen LogP contribution in [-0.2, 0) is 6.42 Å². The SMILES string of the molecule is COc1cc(OC)cc(C(=O)C2CC23CCCNc2cc(OC)ccc2-n2cccc2CCC3)c1. The Morgan fingerprint density at radius 3 is 2.43 bits per heavy atom. The van der Waals surface area contributed by atoms with E-state index in [1.54, 1.807) is 21.3 Å². The smallest absolute Gasteiger partial charge is 0.166 e. The van der Waals surface area contributed by atoms with E-state index in [4.69, 9.17) is 14.2 Å². The van der Waals surface area contributed by atoms with Gasteiger partial charge in [-0.2, -0.15) is 0 Å². The quantitative estimate of drug-likeness (QED) is 0.465. The molecule has 1 spiro atoms. The summed E-state index contributed by atoms with van der Waals surface area (Å²) in [5, 5.41) is 3.64.